The topological polar surface area (TPSA) is 68.5 Å². The summed E-state index contributed by atoms with van der Waals surface area (Å²) in [4.78, 5) is 23.6. The fourth-order valence-electron chi connectivity index (χ4n) is 3.23. The maximum Gasteiger partial charge on any atom is 0.337 e. The average molecular weight is 389 g/mol. The molecule has 2 aromatic carbocycles. The van der Waals surface area contributed by atoms with Crippen molar-refractivity contribution in [3.05, 3.63) is 53.6 Å². The third-order valence-corrected chi connectivity index (χ3v) is 5.08. The number of carbonyl (C=O) groups excluding carboxylic acids is 1. The number of furan rings is 1. The van der Waals surface area contributed by atoms with E-state index in [2.05, 4.69) is 26.8 Å². The molecule has 29 heavy (non-hydrogen) atoms. The van der Waals surface area contributed by atoms with Crippen molar-refractivity contribution in [3.63, 3.8) is 0 Å². The van der Waals surface area contributed by atoms with Gasteiger partial charge in [-0.2, -0.15) is 0 Å². The third-order valence-electron chi connectivity index (χ3n) is 5.08. The van der Waals surface area contributed by atoms with E-state index < -0.39 is 5.97 Å². The molecule has 6 nitrogen and oxygen atoms in total. The summed E-state index contributed by atoms with van der Waals surface area (Å²) < 4.78 is 10.9. The molecular formula is C23H23N3O3. The first-order valence-electron chi connectivity index (χ1n) is 9.51. The Morgan fingerprint density at radius 3 is 2.59 bits per heavy atom. The molecule has 6 heteroatoms. The van der Waals surface area contributed by atoms with Gasteiger partial charge in [-0.15, -0.1) is 0 Å². The van der Waals surface area contributed by atoms with Crippen LogP contribution >= 0.6 is 0 Å². The minimum atomic E-state index is -0.399. The summed E-state index contributed by atoms with van der Waals surface area (Å²) >= 11 is 0. The Morgan fingerprint density at radius 2 is 1.86 bits per heavy atom. The monoisotopic (exact) mass is 389 g/mol. The molecule has 2 heterocycles. The number of anilines is 1. The van der Waals surface area contributed by atoms with Gasteiger partial charge in [-0.1, -0.05) is 11.6 Å². The molecule has 0 bridgehead atoms. The van der Waals surface area contributed by atoms with Crippen molar-refractivity contribution in [3.8, 4) is 11.5 Å². The van der Waals surface area contributed by atoms with Crippen molar-refractivity contribution >= 4 is 33.8 Å². The highest BCUT2D eigenvalue weighted by atomic mass is 16.5. The van der Waals surface area contributed by atoms with Gasteiger partial charge in [0.1, 0.15) is 11.3 Å². The standard InChI is InChI=1S/C23H23N3O3/c1-13(2)26(4)22-21(20-12-16-10-14(3)6-9-19(16)29-20)24-17-8-7-15(23(27)28-5)11-18(17)25-22/h6-13H,1-5H3. The van der Waals surface area contributed by atoms with Crippen LogP contribution < -0.4 is 4.90 Å². The third kappa shape index (κ3) is 3.42. The molecule has 0 aliphatic carbocycles. The van der Waals surface area contributed by atoms with Gasteiger partial charge < -0.3 is 14.1 Å². The molecule has 0 saturated heterocycles. The van der Waals surface area contributed by atoms with E-state index in [9.17, 15) is 4.79 Å². The highest BCUT2D eigenvalue weighted by molar-refractivity contribution is 5.94. The van der Waals surface area contributed by atoms with E-state index >= 15 is 0 Å². The smallest absolute Gasteiger partial charge is 0.337 e. The van der Waals surface area contributed by atoms with Gasteiger partial charge in [0.05, 0.1) is 23.7 Å². The molecule has 0 spiro atoms. The average Bonchev–Trinajstić information content (AvgIpc) is 3.14. The minimum absolute atomic E-state index is 0.205. The van der Waals surface area contributed by atoms with E-state index in [0.717, 1.165) is 11.0 Å². The predicted octanol–water partition coefficient (Wildman–Crippen LogP) is 4.98. The molecule has 148 valence electrons. The van der Waals surface area contributed by atoms with Crippen LogP contribution in [0.15, 0.2) is 46.9 Å². The molecule has 0 saturated carbocycles. The van der Waals surface area contributed by atoms with Gasteiger partial charge >= 0.3 is 5.97 Å². The van der Waals surface area contributed by atoms with E-state index in [1.54, 1.807) is 18.2 Å². The molecule has 4 aromatic rings. The summed E-state index contributed by atoms with van der Waals surface area (Å²) in [6.07, 6.45) is 0. The molecule has 0 unspecified atom stereocenters. The summed E-state index contributed by atoms with van der Waals surface area (Å²) in [6.45, 7) is 6.23. The number of hydrogen-bond acceptors (Lipinski definition) is 6. The van der Waals surface area contributed by atoms with Crippen molar-refractivity contribution < 1.29 is 13.9 Å². The quantitative estimate of drug-likeness (QED) is 0.458. The zero-order valence-corrected chi connectivity index (χ0v) is 17.2. The van der Waals surface area contributed by atoms with Gasteiger partial charge in [0.15, 0.2) is 11.6 Å². The van der Waals surface area contributed by atoms with Crippen molar-refractivity contribution in [1.29, 1.82) is 0 Å². The number of fused-ring (bicyclic) bond motifs is 2. The number of carbonyl (C=O) groups is 1. The van der Waals surface area contributed by atoms with Crippen LogP contribution in [0, 0.1) is 6.92 Å². The number of esters is 1. The Hall–Kier alpha value is -3.41. The fourth-order valence-corrected chi connectivity index (χ4v) is 3.23. The Bertz CT molecular complexity index is 1230. The fraction of sp³-hybridized carbons (Fsp3) is 0.261. The molecular weight excluding hydrogens is 366 g/mol. The van der Waals surface area contributed by atoms with Gasteiger partial charge in [-0.05, 0) is 57.2 Å². The van der Waals surface area contributed by atoms with E-state index in [1.807, 2.05) is 30.1 Å². The lowest BCUT2D eigenvalue weighted by Gasteiger charge is -2.24. The van der Waals surface area contributed by atoms with Crippen LogP contribution in [-0.2, 0) is 4.74 Å². The van der Waals surface area contributed by atoms with Crippen molar-refractivity contribution in [2.24, 2.45) is 0 Å². The van der Waals surface area contributed by atoms with Gasteiger partial charge in [-0.25, -0.2) is 14.8 Å². The van der Waals surface area contributed by atoms with E-state index in [0.29, 0.717) is 33.9 Å². The lowest BCUT2D eigenvalue weighted by molar-refractivity contribution is 0.0601. The van der Waals surface area contributed by atoms with E-state index in [1.165, 1.54) is 12.7 Å². The molecule has 0 fully saturated rings. The Kier molecular flexibility index (Phi) is 4.70. The van der Waals surface area contributed by atoms with E-state index in [4.69, 9.17) is 19.1 Å². The first-order chi connectivity index (χ1) is 13.9. The molecule has 0 radical (unpaired) electrons. The molecule has 0 aliphatic heterocycles. The van der Waals surface area contributed by atoms with Crippen LogP contribution in [0.25, 0.3) is 33.5 Å². The highest BCUT2D eigenvalue weighted by Crippen LogP contribution is 2.34. The maximum atomic E-state index is 11.9. The Balaban J connectivity index is 1.94. The maximum absolute atomic E-state index is 11.9. The number of benzene rings is 2. The zero-order valence-electron chi connectivity index (χ0n) is 17.2. The Labute approximate surface area is 169 Å². The number of aromatic nitrogens is 2. The van der Waals surface area contributed by atoms with E-state index in [-0.39, 0.29) is 6.04 Å². The summed E-state index contributed by atoms with van der Waals surface area (Å²) in [5.41, 5.74) is 4.42. The normalized spacial score (nSPS) is 11.4. The first-order valence-corrected chi connectivity index (χ1v) is 9.51. The SMILES string of the molecule is COC(=O)c1ccc2nc(-c3cc4cc(C)ccc4o3)c(N(C)C(C)C)nc2c1. The molecule has 0 N–H and O–H groups in total. The lowest BCUT2D eigenvalue weighted by Crippen LogP contribution is -2.27. The zero-order chi connectivity index (χ0) is 20.7. The largest absolute Gasteiger partial charge is 0.465 e. The lowest BCUT2D eigenvalue weighted by atomic mass is 10.1. The highest BCUT2D eigenvalue weighted by Gasteiger charge is 2.20. The summed E-state index contributed by atoms with van der Waals surface area (Å²) in [5, 5.41) is 1.03. The summed E-state index contributed by atoms with van der Waals surface area (Å²) in [6, 6.07) is 13.5. The summed E-state index contributed by atoms with van der Waals surface area (Å²) in [7, 11) is 3.34. The number of rotatable bonds is 4. The number of aryl methyl sites for hydroxylation is 1. The number of methoxy groups -OCH3 is 1. The van der Waals surface area contributed by atoms with Crippen LogP contribution in [0.4, 0.5) is 5.82 Å². The van der Waals surface area contributed by atoms with Crippen LogP contribution in [0.5, 0.6) is 0 Å². The second-order valence-corrected chi connectivity index (χ2v) is 7.45. The van der Waals surface area contributed by atoms with Gasteiger partial charge in [-0.3, -0.25) is 0 Å². The molecule has 0 atom stereocenters. The van der Waals surface area contributed by atoms with Crippen LogP contribution in [0.2, 0.25) is 0 Å². The molecule has 0 amide bonds. The van der Waals surface area contributed by atoms with Gasteiger partial charge in [0.25, 0.3) is 0 Å². The minimum Gasteiger partial charge on any atom is -0.465 e. The number of nitrogens with zero attached hydrogens (tertiary/aromatic N) is 3. The first kappa shape index (κ1) is 18.9. The number of hydrogen-bond donors (Lipinski definition) is 0. The second kappa shape index (κ2) is 7.20. The predicted molar refractivity (Wildman–Crippen MR) is 114 cm³/mol. The van der Waals surface area contributed by atoms with Crippen LogP contribution in [0.3, 0.4) is 0 Å². The van der Waals surface area contributed by atoms with Gasteiger partial charge in [0.2, 0.25) is 0 Å². The molecule has 0 aliphatic rings. The van der Waals surface area contributed by atoms with Crippen molar-refractivity contribution in [1.82, 2.24) is 9.97 Å². The second-order valence-electron chi connectivity index (χ2n) is 7.45. The summed E-state index contributed by atoms with van der Waals surface area (Å²) in [5.74, 6) is 0.967. The number of ether oxygens (including phenoxy) is 1. The Morgan fingerprint density at radius 1 is 1.07 bits per heavy atom. The molecule has 4 rings (SSSR count). The van der Waals surface area contributed by atoms with Crippen LogP contribution in [0.1, 0.15) is 29.8 Å². The van der Waals surface area contributed by atoms with Crippen molar-refractivity contribution in [2.75, 3.05) is 19.1 Å². The molecule has 2 aromatic heterocycles. The van der Waals surface area contributed by atoms with Crippen molar-refractivity contribution in [2.45, 2.75) is 26.8 Å². The van der Waals surface area contributed by atoms with Gasteiger partial charge in [0, 0.05) is 18.5 Å². The van der Waals surface area contributed by atoms with Crippen LogP contribution in [-0.4, -0.2) is 36.1 Å².